The maximum Gasteiger partial charge on any atom is 0.277 e. The summed E-state index contributed by atoms with van der Waals surface area (Å²) in [5.41, 5.74) is 4.77. The van der Waals surface area contributed by atoms with Crippen molar-refractivity contribution in [3.63, 3.8) is 0 Å². The Labute approximate surface area is 208 Å². The molecule has 3 rings (SSSR count). The molecule has 0 atom stereocenters. The van der Waals surface area contributed by atoms with Gasteiger partial charge in [0.05, 0.1) is 24.0 Å². The molecule has 0 bridgehead atoms. The average molecular weight is 496 g/mol. The van der Waals surface area contributed by atoms with E-state index in [1.807, 2.05) is 24.3 Å². The topological polar surface area (TPSA) is 98.3 Å². The molecular weight excluding hydrogens is 470 g/mol. The van der Waals surface area contributed by atoms with Crippen LogP contribution in [0.15, 0.2) is 71.8 Å². The zero-order valence-electron chi connectivity index (χ0n) is 19.4. The Morgan fingerprint density at radius 3 is 2.40 bits per heavy atom. The third kappa shape index (κ3) is 8.04. The largest absolute Gasteiger partial charge is 0.493 e. The van der Waals surface area contributed by atoms with Gasteiger partial charge in [0, 0.05) is 0 Å². The van der Waals surface area contributed by atoms with Gasteiger partial charge in [-0.1, -0.05) is 42.8 Å². The minimum Gasteiger partial charge on any atom is -0.493 e. The highest BCUT2D eigenvalue weighted by Crippen LogP contribution is 2.28. The third-order valence-electron chi connectivity index (χ3n) is 4.80. The lowest BCUT2D eigenvalue weighted by atomic mass is 10.2. The number of methoxy groups -OCH3 is 1. The lowest BCUT2D eigenvalue weighted by Gasteiger charge is -2.12. The summed E-state index contributed by atoms with van der Waals surface area (Å²) in [5.74, 6) is 0.645. The molecular formula is C26H26ClN3O5. The summed E-state index contributed by atoms with van der Waals surface area (Å²) in [4.78, 5) is 24.1. The fraction of sp³-hybridized carbons (Fsp3) is 0.192. The van der Waals surface area contributed by atoms with Crippen molar-refractivity contribution in [1.29, 1.82) is 0 Å². The van der Waals surface area contributed by atoms with Crippen LogP contribution < -0.4 is 25.0 Å². The average Bonchev–Trinajstić information content (AvgIpc) is 2.88. The molecule has 0 spiro atoms. The second-order valence-electron chi connectivity index (χ2n) is 7.31. The summed E-state index contributed by atoms with van der Waals surface area (Å²) in [6, 6.07) is 19.5. The number of aryl methyl sites for hydroxylation is 1. The Morgan fingerprint density at radius 2 is 1.69 bits per heavy atom. The maximum absolute atomic E-state index is 12.2. The highest BCUT2D eigenvalue weighted by Gasteiger charge is 2.10. The van der Waals surface area contributed by atoms with E-state index in [9.17, 15) is 9.59 Å². The van der Waals surface area contributed by atoms with Crippen LogP contribution in [0.5, 0.6) is 17.2 Å². The number of hydrazone groups is 1. The number of hydrogen-bond acceptors (Lipinski definition) is 6. The summed E-state index contributed by atoms with van der Waals surface area (Å²) >= 11 is 6.05. The van der Waals surface area contributed by atoms with Gasteiger partial charge in [-0.25, -0.2) is 5.43 Å². The van der Waals surface area contributed by atoms with E-state index >= 15 is 0 Å². The van der Waals surface area contributed by atoms with Gasteiger partial charge in [0.25, 0.3) is 11.8 Å². The van der Waals surface area contributed by atoms with Crippen molar-refractivity contribution < 1.29 is 23.8 Å². The smallest absolute Gasteiger partial charge is 0.277 e. The molecule has 0 aliphatic heterocycles. The van der Waals surface area contributed by atoms with E-state index in [2.05, 4.69) is 22.8 Å². The molecule has 0 aliphatic rings. The van der Waals surface area contributed by atoms with E-state index in [1.165, 1.54) is 18.9 Å². The molecule has 2 N–H and O–H groups in total. The van der Waals surface area contributed by atoms with Crippen molar-refractivity contribution in [3.05, 3.63) is 82.9 Å². The number of carbonyl (C=O) groups is 2. The van der Waals surface area contributed by atoms with Crippen molar-refractivity contribution in [2.75, 3.05) is 25.6 Å². The fourth-order valence-corrected chi connectivity index (χ4v) is 3.14. The van der Waals surface area contributed by atoms with Gasteiger partial charge in [-0.15, -0.1) is 0 Å². The zero-order chi connectivity index (χ0) is 25.0. The summed E-state index contributed by atoms with van der Waals surface area (Å²) in [7, 11) is 1.49. The molecule has 0 aromatic heterocycles. The molecule has 0 fully saturated rings. The molecule has 0 radical (unpaired) electrons. The number of benzene rings is 3. The number of ether oxygens (including phenoxy) is 3. The Balaban J connectivity index is 1.48. The summed E-state index contributed by atoms with van der Waals surface area (Å²) in [6.07, 6.45) is 2.40. The number of nitrogens with one attached hydrogen (secondary N) is 2. The summed E-state index contributed by atoms with van der Waals surface area (Å²) in [5, 5.41) is 7.06. The highest BCUT2D eigenvalue weighted by molar-refractivity contribution is 6.33. The van der Waals surface area contributed by atoms with E-state index in [0.29, 0.717) is 33.5 Å². The number of carbonyl (C=O) groups excluding carboxylic acids is 2. The van der Waals surface area contributed by atoms with Crippen LogP contribution in [-0.2, 0) is 16.0 Å². The van der Waals surface area contributed by atoms with Crippen LogP contribution in [0.4, 0.5) is 5.69 Å². The normalized spacial score (nSPS) is 10.6. The van der Waals surface area contributed by atoms with Gasteiger partial charge < -0.3 is 19.5 Å². The van der Waals surface area contributed by atoms with Gasteiger partial charge in [-0.3, -0.25) is 9.59 Å². The number of amides is 2. The van der Waals surface area contributed by atoms with Crippen LogP contribution in [0.3, 0.4) is 0 Å². The van der Waals surface area contributed by atoms with Crippen molar-refractivity contribution in [2.24, 2.45) is 5.10 Å². The van der Waals surface area contributed by atoms with Crippen molar-refractivity contribution in [3.8, 4) is 17.2 Å². The predicted octanol–water partition coefficient (Wildman–Crippen LogP) is 4.46. The minimum absolute atomic E-state index is 0.158. The maximum atomic E-state index is 12.2. The number of anilines is 1. The second-order valence-corrected chi connectivity index (χ2v) is 7.71. The van der Waals surface area contributed by atoms with Crippen LogP contribution in [0, 0.1) is 0 Å². The molecule has 0 heterocycles. The minimum atomic E-state index is -0.391. The number of hydrogen-bond donors (Lipinski definition) is 2. The molecule has 2 amide bonds. The number of para-hydroxylation sites is 1. The molecule has 0 saturated carbocycles. The molecule has 3 aromatic carbocycles. The van der Waals surface area contributed by atoms with E-state index in [0.717, 1.165) is 6.42 Å². The molecule has 3 aromatic rings. The number of nitrogens with zero attached hydrogens (tertiary/aromatic N) is 1. The van der Waals surface area contributed by atoms with E-state index < -0.39 is 5.91 Å². The highest BCUT2D eigenvalue weighted by atomic mass is 35.5. The van der Waals surface area contributed by atoms with Gasteiger partial charge in [-0.05, 0) is 60.0 Å². The second kappa shape index (κ2) is 13.0. The monoisotopic (exact) mass is 495 g/mol. The first kappa shape index (κ1) is 25.6. The summed E-state index contributed by atoms with van der Waals surface area (Å²) in [6.45, 7) is 1.68. The first-order valence-corrected chi connectivity index (χ1v) is 11.2. The Kier molecular flexibility index (Phi) is 9.50. The fourth-order valence-electron chi connectivity index (χ4n) is 2.96. The van der Waals surface area contributed by atoms with Crippen LogP contribution in [0.25, 0.3) is 0 Å². The Bertz CT molecular complexity index is 1180. The van der Waals surface area contributed by atoms with Gasteiger partial charge in [0.2, 0.25) is 0 Å². The molecule has 0 saturated heterocycles. The predicted molar refractivity (Wildman–Crippen MR) is 136 cm³/mol. The lowest BCUT2D eigenvalue weighted by molar-refractivity contribution is -0.123. The first-order chi connectivity index (χ1) is 17.0. The van der Waals surface area contributed by atoms with E-state index in [4.69, 9.17) is 25.8 Å². The molecule has 182 valence electrons. The van der Waals surface area contributed by atoms with Gasteiger partial charge in [0.1, 0.15) is 5.75 Å². The Hall–Kier alpha value is -4.04. The van der Waals surface area contributed by atoms with Crippen LogP contribution >= 0.6 is 11.6 Å². The van der Waals surface area contributed by atoms with Crippen LogP contribution in [0.2, 0.25) is 5.02 Å². The Morgan fingerprint density at radius 1 is 0.943 bits per heavy atom. The molecule has 8 nitrogen and oxygen atoms in total. The number of rotatable bonds is 11. The lowest BCUT2D eigenvalue weighted by Crippen LogP contribution is -2.24. The standard InChI is InChI=1S/C26H26ClN3O5/c1-3-18-8-11-20(12-9-18)34-17-26(32)30-28-15-19-10-13-23(24(14-19)33-2)35-16-25(31)29-22-7-5-4-6-21(22)27/h4-15H,3,16-17H2,1-2H3,(H,29,31)(H,30,32)/b28-15+. The zero-order valence-corrected chi connectivity index (χ0v) is 20.2. The molecule has 0 aliphatic carbocycles. The van der Waals surface area contributed by atoms with Crippen LogP contribution in [-0.4, -0.2) is 38.4 Å². The van der Waals surface area contributed by atoms with Crippen molar-refractivity contribution >= 4 is 35.3 Å². The van der Waals surface area contributed by atoms with Crippen molar-refractivity contribution in [1.82, 2.24) is 5.43 Å². The summed E-state index contributed by atoms with van der Waals surface area (Å²) < 4.78 is 16.4. The van der Waals surface area contributed by atoms with Crippen molar-refractivity contribution in [2.45, 2.75) is 13.3 Å². The third-order valence-corrected chi connectivity index (χ3v) is 5.13. The van der Waals surface area contributed by atoms with Gasteiger partial charge in [-0.2, -0.15) is 5.10 Å². The van der Waals surface area contributed by atoms with E-state index in [-0.39, 0.29) is 19.1 Å². The van der Waals surface area contributed by atoms with Gasteiger partial charge in [0.15, 0.2) is 24.7 Å². The number of halogens is 1. The molecule has 0 unspecified atom stereocenters. The van der Waals surface area contributed by atoms with Gasteiger partial charge >= 0.3 is 0 Å². The SMILES string of the molecule is CCc1ccc(OCC(=O)N/N=C/c2ccc(OCC(=O)Nc3ccccc3Cl)c(OC)c2)cc1. The molecule has 35 heavy (non-hydrogen) atoms. The van der Waals surface area contributed by atoms with E-state index in [1.54, 1.807) is 42.5 Å². The van der Waals surface area contributed by atoms with Crippen LogP contribution in [0.1, 0.15) is 18.1 Å². The quantitative estimate of drug-likeness (QED) is 0.302. The first-order valence-electron chi connectivity index (χ1n) is 10.9. The molecule has 9 heteroatoms.